The van der Waals surface area contributed by atoms with E-state index in [4.69, 9.17) is 15.8 Å². The van der Waals surface area contributed by atoms with Crippen LogP contribution in [0.2, 0.25) is 5.02 Å². The second kappa shape index (κ2) is 5.63. The van der Waals surface area contributed by atoms with Crippen LogP contribution < -0.4 is 4.18 Å². The van der Waals surface area contributed by atoms with Crippen molar-refractivity contribution in [3.05, 3.63) is 71.2 Å². The fourth-order valence-electron chi connectivity index (χ4n) is 2.21. The maximum atomic E-state index is 12.4. The van der Waals surface area contributed by atoms with Crippen LogP contribution in [0.3, 0.4) is 0 Å². The second-order valence-corrected chi connectivity index (χ2v) is 6.88. The molecule has 0 fully saturated rings. The zero-order valence-electron chi connectivity index (χ0n) is 11.8. The molecule has 3 aromatic carbocycles. The molecular weight excluding hydrogens is 320 g/mol. The van der Waals surface area contributed by atoms with Gasteiger partial charge in [-0.3, -0.25) is 0 Å². The monoisotopic (exact) mass is 332 g/mol. The lowest BCUT2D eigenvalue weighted by atomic mass is 10.1. The zero-order chi connectivity index (χ0) is 15.7. The van der Waals surface area contributed by atoms with Crippen molar-refractivity contribution in [2.75, 3.05) is 0 Å². The number of hydrogen-bond acceptors (Lipinski definition) is 3. The fourth-order valence-corrected chi connectivity index (χ4v) is 3.36. The Morgan fingerprint density at radius 2 is 1.68 bits per heavy atom. The smallest absolute Gasteiger partial charge is 0.339 e. The van der Waals surface area contributed by atoms with Gasteiger partial charge in [0, 0.05) is 10.4 Å². The van der Waals surface area contributed by atoms with E-state index in [0.29, 0.717) is 16.3 Å². The van der Waals surface area contributed by atoms with E-state index in [9.17, 15) is 8.42 Å². The van der Waals surface area contributed by atoms with E-state index in [1.807, 2.05) is 30.3 Å². The predicted molar refractivity (Wildman–Crippen MR) is 88.0 cm³/mol. The molecule has 0 heterocycles. The van der Waals surface area contributed by atoms with Gasteiger partial charge in [0.15, 0.2) is 5.75 Å². The molecule has 22 heavy (non-hydrogen) atoms. The van der Waals surface area contributed by atoms with Crippen molar-refractivity contribution in [1.82, 2.24) is 0 Å². The van der Waals surface area contributed by atoms with Gasteiger partial charge in [0.2, 0.25) is 0 Å². The normalized spacial score (nSPS) is 11.5. The summed E-state index contributed by atoms with van der Waals surface area (Å²) in [6.07, 6.45) is 0. The van der Waals surface area contributed by atoms with E-state index in [2.05, 4.69) is 0 Å². The standard InChI is InChI=1S/C17H13ClO3S/c1-12-11-14(9-10-16(12)18)22(19,20)21-17-8-4-6-13-5-2-3-7-15(13)17/h2-11H,1H3. The fraction of sp³-hybridized carbons (Fsp3) is 0.0588. The Kier molecular flexibility index (Phi) is 3.81. The van der Waals surface area contributed by atoms with Crippen molar-refractivity contribution < 1.29 is 12.6 Å². The molecule has 0 aliphatic heterocycles. The highest BCUT2D eigenvalue weighted by molar-refractivity contribution is 7.87. The Hall–Kier alpha value is -2.04. The SMILES string of the molecule is Cc1cc(S(=O)(=O)Oc2cccc3ccccc23)ccc1Cl. The van der Waals surface area contributed by atoms with Gasteiger partial charge in [0.1, 0.15) is 4.90 Å². The number of halogens is 1. The molecular formula is C17H13ClO3S. The minimum Gasteiger partial charge on any atom is -0.378 e. The van der Waals surface area contributed by atoms with Crippen molar-refractivity contribution in [2.45, 2.75) is 11.8 Å². The van der Waals surface area contributed by atoms with Crippen molar-refractivity contribution >= 4 is 32.5 Å². The molecule has 0 N–H and O–H groups in total. The summed E-state index contributed by atoms with van der Waals surface area (Å²) >= 11 is 5.93. The molecule has 0 spiro atoms. The second-order valence-electron chi connectivity index (χ2n) is 4.93. The molecule has 0 saturated heterocycles. The van der Waals surface area contributed by atoms with Gasteiger partial charge in [-0.1, -0.05) is 48.0 Å². The topological polar surface area (TPSA) is 43.4 Å². The molecule has 0 amide bonds. The number of benzene rings is 3. The number of rotatable bonds is 3. The van der Waals surface area contributed by atoms with Gasteiger partial charge in [0.05, 0.1) is 0 Å². The highest BCUT2D eigenvalue weighted by atomic mass is 35.5. The quantitative estimate of drug-likeness (QED) is 0.660. The molecule has 3 nitrogen and oxygen atoms in total. The van der Waals surface area contributed by atoms with Crippen molar-refractivity contribution in [2.24, 2.45) is 0 Å². The highest BCUT2D eigenvalue weighted by Gasteiger charge is 2.18. The van der Waals surface area contributed by atoms with Gasteiger partial charge < -0.3 is 4.18 Å². The molecule has 3 rings (SSSR count). The molecule has 112 valence electrons. The molecule has 0 aromatic heterocycles. The number of aryl methyl sites for hydroxylation is 1. The summed E-state index contributed by atoms with van der Waals surface area (Å²) in [5, 5.41) is 2.19. The largest absolute Gasteiger partial charge is 0.378 e. The molecule has 0 bridgehead atoms. The number of hydrogen-bond donors (Lipinski definition) is 0. The van der Waals surface area contributed by atoms with Crippen LogP contribution in [0.5, 0.6) is 5.75 Å². The Bertz CT molecular complexity index is 944. The highest BCUT2D eigenvalue weighted by Crippen LogP contribution is 2.29. The first-order valence-electron chi connectivity index (χ1n) is 6.66. The Labute approximate surface area is 134 Å². The summed E-state index contributed by atoms with van der Waals surface area (Å²) < 4.78 is 30.2. The van der Waals surface area contributed by atoms with Crippen LogP contribution >= 0.6 is 11.6 Å². The average molecular weight is 333 g/mol. The first-order valence-corrected chi connectivity index (χ1v) is 8.44. The summed E-state index contributed by atoms with van der Waals surface area (Å²) in [7, 11) is -3.90. The van der Waals surface area contributed by atoms with Crippen LogP contribution in [-0.2, 0) is 10.1 Å². The molecule has 0 aliphatic carbocycles. The Balaban J connectivity index is 2.05. The van der Waals surface area contributed by atoms with Crippen molar-refractivity contribution in [3.63, 3.8) is 0 Å². The third-order valence-corrected chi connectivity index (χ3v) is 5.02. The molecule has 0 aliphatic rings. The summed E-state index contributed by atoms with van der Waals surface area (Å²) in [6, 6.07) is 17.3. The lowest BCUT2D eigenvalue weighted by Gasteiger charge is -2.10. The van der Waals surface area contributed by atoms with Crippen LogP contribution in [0, 0.1) is 6.92 Å². The summed E-state index contributed by atoms with van der Waals surface area (Å²) in [5.74, 6) is 0.311. The predicted octanol–water partition coefficient (Wildman–Crippen LogP) is 4.57. The van der Waals surface area contributed by atoms with E-state index in [-0.39, 0.29) is 4.90 Å². The van der Waals surface area contributed by atoms with E-state index in [0.717, 1.165) is 10.8 Å². The van der Waals surface area contributed by atoms with E-state index in [1.54, 1.807) is 25.1 Å². The van der Waals surface area contributed by atoms with Crippen LogP contribution in [0.15, 0.2) is 65.6 Å². The molecule has 0 saturated carbocycles. The van der Waals surface area contributed by atoms with Crippen LogP contribution in [0.25, 0.3) is 10.8 Å². The minimum atomic E-state index is -3.90. The first kappa shape index (κ1) is 14.9. The maximum Gasteiger partial charge on any atom is 0.339 e. The lowest BCUT2D eigenvalue weighted by Crippen LogP contribution is -2.10. The van der Waals surface area contributed by atoms with Crippen molar-refractivity contribution in [3.8, 4) is 5.75 Å². The van der Waals surface area contributed by atoms with E-state index < -0.39 is 10.1 Å². The molecule has 0 radical (unpaired) electrons. The number of fused-ring (bicyclic) bond motifs is 1. The first-order chi connectivity index (χ1) is 10.5. The van der Waals surface area contributed by atoms with E-state index >= 15 is 0 Å². The van der Waals surface area contributed by atoms with Gasteiger partial charge in [-0.15, -0.1) is 0 Å². The van der Waals surface area contributed by atoms with Crippen molar-refractivity contribution in [1.29, 1.82) is 0 Å². The maximum absolute atomic E-state index is 12.4. The third-order valence-electron chi connectivity index (χ3n) is 3.37. The van der Waals surface area contributed by atoms with Crippen LogP contribution in [0.4, 0.5) is 0 Å². The molecule has 0 atom stereocenters. The lowest BCUT2D eigenvalue weighted by molar-refractivity contribution is 0.488. The minimum absolute atomic E-state index is 0.0855. The average Bonchev–Trinajstić information content (AvgIpc) is 2.50. The van der Waals surface area contributed by atoms with Crippen LogP contribution in [0.1, 0.15) is 5.56 Å². The van der Waals surface area contributed by atoms with Gasteiger partial charge in [-0.25, -0.2) is 0 Å². The van der Waals surface area contributed by atoms with E-state index in [1.165, 1.54) is 12.1 Å². The summed E-state index contributed by atoms with van der Waals surface area (Å²) in [6.45, 7) is 1.75. The Morgan fingerprint density at radius 3 is 2.45 bits per heavy atom. The Morgan fingerprint density at radius 1 is 0.955 bits per heavy atom. The summed E-state index contributed by atoms with van der Waals surface area (Å²) in [4.78, 5) is 0.0855. The van der Waals surface area contributed by atoms with Gasteiger partial charge in [-0.2, -0.15) is 8.42 Å². The van der Waals surface area contributed by atoms with Gasteiger partial charge in [-0.05, 0) is 42.1 Å². The third kappa shape index (κ3) is 2.80. The molecule has 0 unspecified atom stereocenters. The van der Waals surface area contributed by atoms with Crippen LogP contribution in [-0.4, -0.2) is 8.42 Å². The van der Waals surface area contributed by atoms with Gasteiger partial charge in [0.25, 0.3) is 0 Å². The van der Waals surface area contributed by atoms with Gasteiger partial charge >= 0.3 is 10.1 Å². The summed E-state index contributed by atoms with van der Waals surface area (Å²) in [5.41, 5.74) is 0.685. The zero-order valence-corrected chi connectivity index (χ0v) is 13.4. The molecule has 3 aromatic rings. The molecule has 5 heteroatoms.